The number of para-hydroxylation sites is 2. The van der Waals surface area contributed by atoms with Gasteiger partial charge in [0.15, 0.2) is 6.10 Å². The number of aryl methyl sites for hydroxylation is 1. The van der Waals surface area contributed by atoms with E-state index in [-0.39, 0.29) is 18.9 Å². The standard InChI is InChI=1S/C18H20N2O4S/c1-13-6-5-7-14(12-13)19-18(21)17-10-11-20(25(2,22)23)15-8-3-4-9-16(15)24-17/h3-9,12,17H,10-11H2,1-2H3,(H,19,21). The van der Waals surface area contributed by atoms with Gasteiger partial charge < -0.3 is 10.1 Å². The Bertz CT molecular complexity index is 895. The summed E-state index contributed by atoms with van der Waals surface area (Å²) < 4.78 is 31.3. The van der Waals surface area contributed by atoms with E-state index in [1.54, 1.807) is 30.3 Å². The zero-order chi connectivity index (χ0) is 18.0. The summed E-state index contributed by atoms with van der Waals surface area (Å²) in [4.78, 5) is 12.6. The Morgan fingerprint density at radius 2 is 1.96 bits per heavy atom. The number of anilines is 2. The first-order valence-corrected chi connectivity index (χ1v) is 9.80. The summed E-state index contributed by atoms with van der Waals surface area (Å²) in [5.74, 6) is 0.0885. The lowest BCUT2D eigenvalue weighted by Gasteiger charge is -2.20. The number of carbonyl (C=O) groups excluding carboxylic acids is 1. The van der Waals surface area contributed by atoms with Gasteiger partial charge in [0, 0.05) is 18.7 Å². The highest BCUT2D eigenvalue weighted by molar-refractivity contribution is 7.92. The van der Waals surface area contributed by atoms with E-state index in [1.807, 2.05) is 25.1 Å². The predicted molar refractivity (Wildman–Crippen MR) is 97.5 cm³/mol. The van der Waals surface area contributed by atoms with Crippen molar-refractivity contribution in [3.63, 3.8) is 0 Å². The van der Waals surface area contributed by atoms with E-state index in [9.17, 15) is 13.2 Å². The summed E-state index contributed by atoms with van der Waals surface area (Å²) in [5.41, 5.74) is 2.18. The van der Waals surface area contributed by atoms with Crippen LogP contribution in [0, 0.1) is 6.92 Å². The third kappa shape index (κ3) is 3.93. The quantitative estimate of drug-likeness (QED) is 0.913. The number of benzene rings is 2. The molecule has 2 aromatic rings. The fourth-order valence-electron chi connectivity index (χ4n) is 2.80. The van der Waals surface area contributed by atoms with Gasteiger partial charge in [0.2, 0.25) is 10.0 Å². The lowest BCUT2D eigenvalue weighted by atomic mass is 10.2. The second-order valence-electron chi connectivity index (χ2n) is 6.06. The SMILES string of the molecule is Cc1cccc(NC(=O)C2CCN(S(C)(=O)=O)c3ccccc3O2)c1. The molecule has 0 spiro atoms. The molecule has 132 valence electrons. The number of hydrogen-bond donors (Lipinski definition) is 1. The molecule has 0 saturated heterocycles. The Morgan fingerprint density at radius 1 is 1.20 bits per heavy atom. The van der Waals surface area contributed by atoms with Crippen LogP contribution in [0.3, 0.4) is 0 Å². The molecule has 0 aromatic heterocycles. The second-order valence-corrected chi connectivity index (χ2v) is 7.96. The number of nitrogens with zero attached hydrogens (tertiary/aromatic N) is 1. The third-order valence-corrected chi connectivity index (χ3v) is 5.16. The van der Waals surface area contributed by atoms with Crippen molar-refractivity contribution >= 4 is 27.3 Å². The molecule has 1 aliphatic rings. The van der Waals surface area contributed by atoms with Gasteiger partial charge >= 0.3 is 0 Å². The number of nitrogens with one attached hydrogen (secondary N) is 1. The van der Waals surface area contributed by atoms with Crippen LogP contribution in [0.1, 0.15) is 12.0 Å². The predicted octanol–water partition coefficient (Wildman–Crippen LogP) is 2.55. The van der Waals surface area contributed by atoms with Crippen LogP contribution < -0.4 is 14.4 Å². The first kappa shape index (κ1) is 17.3. The largest absolute Gasteiger partial charge is 0.478 e. The number of carbonyl (C=O) groups is 1. The van der Waals surface area contributed by atoms with E-state index >= 15 is 0 Å². The van der Waals surface area contributed by atoms with E-state index < -0.39 is 16.1 Å². The zero-order valence-corrected chi connectivity index (χ0v) is 14.9. The molecule has 25 heavy (non-hydrogen) atoms. The number of ether oxygens (including phenoxy) is 1. The number of amides is 1. The highest BCUT2D eigenvalue weighted by atomic mass is 32.2. The molecule has 7 heteroatoms. The van der Waals surface area contributed by atoms with Crippen LogP contribution in [-0.2, 0) is 14.8 Å². The summed E-state index contributed by atoms with van der Waals surface area (Å²) in [7, 11) is -3.45. The van der Waals surface area contributed by atoms with Gasteiger partial charge in [-0.3, -0.25) is 9.10 Å². The van der Waals surface area contributed by atoms with Gasteiger partial charge in [-0.05, 0) is 36.8 Å². The number of sulfonamides is 1. The van der Waals surface area contributed by atoms with Crippen LogP contribution in [0.25, 0.3) is 0 Å². The summed E-state index contributed by atoms with van der Waals surface area (Å²) >= 11 is 0. The van der Waals surface area contributed by atoms with Gasteiger partial charge in [-0.1, -0.05) is 24.3 Å². The monoisotopic (exact) mass is 360 g/mol. The highest BCUT2D eigenvalue weighted by Crippen LogP contribution is 2.34. The minimum Gasteiger partial charge on any atom is -0.478 e. The maximum atomic E-state index is 12.6. The molecule has 0 aliphatic carbocycles. The van der Waals surface area contributed by atoms with Crippen molar-refractivity contribution in [2.75, 3.05) is 22.4 Å². The van der Waals surface area contributed by atoms with E-state index in [2.05, 4.69) is 5.32 Å². The molecule has 2 aromatic carbocycles. The Labute approximate surface area is 147 Å². The van der Waals surface area contributed by atoms with E-state index in [0.717, 1.165) is 11.8 Å². The topological polar surface area (TPSA) is 75.7 Å². The van der Waals surface area contributed by atoms with Gasteiger partial charge in [-0.25, -0.2) is 8.42 Å². The number of rotatable bonds is 3. The molecule has 1 unspecified atom stereocenters. The van der Waals surface area contributed by atoms with E-state index in [1.165, 1.54) is 4.31 Å². The molecule has 1 N–H and O–H groups in total. The Morgan fingerprint density at radius 3 is 2.68 bits per heavy atom. The molecule has 6 nitrogen and oxygen atoms in total. The van der Waals surface area contributed by atoms with Crippen molar-refractivity contribution in [3.8, 4) is 5.75 Å². The maximum absolute atomic E-state index is 12.6. The number of hydrogen-bond acceptors (Lipinski definition) is 4. The molecular formula is C18H20N2O4S. The third-order valence-electron chi connectivity index (χ3n) is 3.98. The second kappa shape index (κ2) is 6.76. The minimum absolute atomic E-state index is 0.182. The number of fused-ring (bicyclic) bond motifs is 1. The van der Waals surface area contributed by atoms with Crippen LogP contribution in [0.5, 0.6) is 5.75 Å². The Balaban J connectivity index is 1.85. The van der Waals surface area contributed by atoms with Crippen molar-refractivity contribution in [1.29, 1.82) is 0 Å². The average Bonchev–Trinajstić information content (AvgIpc) is 2.74. The van der Waals surface area contributed by atoms with Gasteiger partial charge in [-0.2, -0.15) is 0 Å². The van der Waals surface area contributed by atoms with Crippen LogP contribution >= 0.6 is 0 Å². The smallest absolute Gasteiger partial charge is 0.265 e. The molecule has 0 radical (unpaired) electrons. The van der Waals surface area contributed by atoms with E-state index in [0.29, 0.717) is 17.1 Å². The van der Waals surface area contributed by atoms with Crippen LogP contribution in [0.2, 0.25) is 0 Å². The van der Waals surface area contributed by atoms with Gasteiger partial charge in [-0.15, -0.1) is 0 Å². The van der Waals surface area contributed by atoms with E-state index in [4.69, 9.17) is 4.74 Å². The molecule has 1 heterocycles. The van der Waals surface area contributed by atoms with Gasteiger partial charge in [0.1, 0.15) is 5.75 Å². The minimum atomic E-state index is -3.45. The van der Waals surface area contributed by atoms with Crippen molar-refractivity contribution in [2.45, 2.75) is 19.4 Å². The molecular weight excluding hydrogens is 340 g/mol. The molecule has 1 amide bonds. The maximum Gasteiger partial charge on any atom is 0.265 e. The lowest BCUT2D eigenvalue weighted by Crippen LogP contribution is -2.35. The highest BCUT2D eigenvalue weighted by Gasteiger charge is 2.31. The summed E-state index contributed by atoms with van der Waals surface area (Å²) in [6.07, 6.45) is 0.643. The van der Waals surface area contributed by atoms with Crippen molar-refractivity contribution in [1.82, 2.24) is 0 Å². The van der Waals surface area contributed by atoms with Gasteiger partial charge in [0.25, 0.3) is 5.91 Å². The normalized spacial score (nSPS) is 17.2. The molecule has 0 saturated carbocycles. The van der Waals surface area contributed by atoms with Crippen LogP contribution in [0.4, 0.5) is 11.4 Å². The average molecular weight is 360 g/mol. The molecule has 1 aliphatic heterocycles. The first-order chi connectivity index (χ1) is 11.8. The molecule has 0 fully saturated rings. The molecule has 3 rings (SSSR count). The summed E-state index contributed by atoms with van der Waals surface area (Å²) in [5, 5.41) is 2.83. The van der Waals surface area contributed by atoms with Crippen LogP contribution in [0.15, 0.2) is 48.5 Å². The Hall–Kier alpha value is -2.54. The fraction of sp³-hybridized carbons (Fsp3) is 0.278. The van der Waals surface area contributed by atoms with Crippen molar-refractivity contribution in [2.24, 2.45) is 0 Å². The fourth-order valence-corrected chi connectivity index (χ4v) is 3.75. The Kier molecular flexibility index (Phi) is 4.67. The van der Waals surface area contributed by atoms with Crippen molar-refractivity contribution < 1.29 is 17.9 Å². The molecule has 0 bridgehead atoms. The zero-order valence-electron chi connectivity index (χ0n) is 14.1. The summed E-state index contributed by atoms with van der Waals surface area (Å²) in [6, 6.07) is 14.3. The summed E-state index contributed by atoms with van der Waals surface area (Å²) in [6.45, 7) is 2.12. The lowest BCUT2D eigenvalue weighted by molar-refractivity contribution is -0.122. The first-order valence-electron chi connectivity index (χ1n) is 7.95. The van der Waals surface area contributed by atoms with Gasteiger partial charge in [0.05, 0.1) is 11.9 Å². The van der Waals surface area contributed by atoms with Crippen molar-refractivity contribution in [3.05, 3.63) is 54.1 Å². The van der Waals surface area contributed by atoms with Crippen LogP contribution in [-0.4, -0.2) is 33.2 Å². The molecule has 1 atom stereocenters.